The normalized spacial score (nSPS) is 24.9. The van der Waals surface area contributed by atoms with Crippen LogP contribution in [0.5, 0.6) is 0 Å². The summed E-state index contributed by atoms with van der Waals surface area (Å²) < 4.78 is 27.7. The molecule has 2 saturated heterocycles. The molecule has 2 atom stereocenters. The van der Waals surface area contributed by atoms with Crippen molar-refractivity contribution in [2.45, 2.75) is 89.6 Å². The van der Waals surface area contributed by atoms with Gasteiger partial charge in [0.05, 0.1) is 30.9 Å². The average molecular weight is 472 g/mol. The van der Waals surface area contributed by atoms with Crippen LogP contribution in [0.2, 0.25) is 0 Å². The minimum Gasteiger partial charge on any atom is -0.444 e. The number of carbonyl (C=O) groups excluding carboxylic acids is 2. The average Bonchev–Trinajstić information content (AvgIpc) is 2.87. The van der Waals surface area contributed by atoms with Crippen LogP contribution in [0.15, 0.2) is 18.2 Å². The van der Waals surface area contributed by atoms with Gasteiger partial charge >= 0.3 is 6.09 Å². The predicted molar refractivity (Wildman–Crippen MR) is 126 cm³/mol. The molecule has 3 aliphatic heterocycles. The smallest absolute Gasteiger partial charge is 0.410 e. The Morgan fingerprint density at radius 2 is 1.85 bits per heavy atom. The first-order chi connectivity index (χ1) is 16.2. The molecule has 3 aliphatic rings. The van der Waals surface area contributed by atoms with Gasteiger partial charge in [-0.3, -0.25) is 9.69 Å². The molecule has 34 heavy (non-hydrogen) atoms. The van der Waals surface area contributed by atoms with E-state index in [1.807, 2.05) is 20.8 Å². The van der Waals surface area contributed by atoms with Crippen molar-refractivity contribution in [2.75, 3.05) is 13.2 Å². The van der Waals surface area contributed by atoms with Gasteiger partial charge in [0.2, 0.25) is 0 Å². The highest BCUT2D eigenvalue weighted by Gasteiger charge is 2.44. The van der Waals surface area contributed by atoms with Gasteiger partial charge in [0.25, 0.3) is 5.91 Å². The molecule has 2 amide bonds. The van der Waals surface area contributed by atoms with Crippen molar-refractivity contribution >= 4 is 22.9 Å². The zero-order valence-electron chi connectivity index (χ0n) is 20.2. The van der Waals surface area contributed by atoms with E-state index >= 15 is 0 Å². The lowest BCUT2D eigenvalue weighted by molar-refractivity contribution is -0.0835. The molecule has 1 aromatic carbocycles. The molecule has 8 heteroatoms. The van der Waals surface area contributed by atoms with Crippen molar-refractivity contribution in [2.24, 2.45) is 0 Å². The summed E-state index contributed by atoms with van der Waals surface area (Å²) in [6.07, 6.45) is 4.90. The summed E-state index contributed by atoms with van der Waals surface area (Å²) in [7, 11) is 0. The third kappa shape index (κ3) is 4.40. The maximum Gasteiger partial charge on any atom is 0.410 e. The summed E-state index contributed by atoms with van der Waals surface area (Å²) in [6.45, 7) is 7.28. The highest BCUT2D eigenvalue weighted by molar-refractivity contribution is 6.08. The zero-order chi connectivity index (χ0) is 24.0. The van der Waals surface area contributed by atoms with Gasteiger partial charge in [0.15, 0.2) is 0 Å². The standard InChI is InChI=1S/C26H34FN3O4/c1-26(2,3)34-25(32)30-18-12-17(13-19(30)15-33-14-18)28-24(31)23-20-11-16(27)8-9-21(20)29-10-6-4-5-7-22(23)29/h8-9,11,17-19H,4-7,10,12-15H2,1-3H3,(H,28,31). The van der Waals surface area contributed by atoms with Gasteiger partial charge in [-0.05, 0) is 71.1 Å². The van der Waals surface area contributed by atoms with Gasteiger partial charge in [-0.15, -0.1) is 0 Å². The molecule has 2 fully saturated rings. The van der Waals surface area contributed by atoms with Crippen LogP contribution in [0.4, 0.5) is 9.18 Å². The molecule has 184 valence electrons. The van der Waals surface area contributed by atoms with Crippen LogP contribution >= 0.6 is 0 Å². The van der Waals surface area contributed by atoms with Gasteiger partial charge in [0, 0.05) is 29.2 Å². The van der Waals surface area contributed by atoms with Crippen molar-refractivity contribution in [3.05, 3.63) is 35.3 Å². The van der Waals surface area contributed by atoms with Gasteiger partial charge in [-0.25, -0.2) is 9.18 Å². The maximum absolute atomic E-state index is 14.2. The van der Waals surface area contributed by atoms with Crippen LogP contribution in [0.3, 0.4) is 0 Å². The molecule has 4 heterocycles. The van der Waals surface area contributed by atoms with Crippen molar-refractivity contribution < 1.29 is 23.5 Å². The topological polar surface area (TPSA) is 72.8 Å². The molecule has 0 radical (unpaired) electrons. The number of nitrogens with zero attached hydrogens (tertiary/aromatic N) is 2. The molecule has 2 aromatic rings. The Labute approximate surface area is 199 Å². The Bertz CT molecular complexity index is 1090. The van der Waals surface area contributed by atoms with Crippen LogP contribution in [0.25, 0.3) is 10.9 Å². The van der Waals surface area contributed by atoms with Crippen molar-refractivity contribution in [1.82, 2.24) is 14.8 Å². The lowest BCUT2D eigenvalue weighted by Gasteiger charge is -2.48. The first-order valence-electron chi connectivity index (χ1n) is 12.4. The predicted octanol–water partition coefficient (Wildman–Crippen LogP) is 4.40. The summed E-state index contributed by atoms with van der Waals surface area (Å²) in [5, 5.41) is 3.92. The first-order valence-corrected chi connectivity index (χ1v) is 12.4. The fourth-order valence-corrected chi connectivity index (χ4v) is 5.79. The number of carbonyl (C=O) groups is 2. The summed E-state index contributed by atoms with van der Waals surface area (Å²) in [5.74, 6) is -0.486. The minimum atomic E-state index is -0.569. The van der Waals surface area contributed by atoms with E-state index in [1.165, 1.54) is 12.1 Å². The summed E-state index contributed by atoms with van der Waals surface area (Å²) >= 11 is 0. The van der Waals surface area contributed by atoms with E-state index in [0.717, 1.165) is 43.4 Å². The molecule has 1 aromatic heterocycles. The second kappa shape index (κ2) is 8.87. The molecule has 0 spiro atoms. The van der Waals surface area contributed by atoms with E-state index in [4.69, 9.17) is 9.47 Å². The minimum absolute atomic E-state index is 0.0879. The highest BCUT2D eigenvalue weighted by atomic mass is 19.1. The van der Waals surface area contributed by atoms with Crippen LogP contribution in [0, 0.1) is 5.82 Å². The number of halogens is 1. The van der Waals surface area contributed by atoms with Crippen LogP contribution in [-0.2, 0) is 22.4 Å². The Hall–Kier alpha value is -2.61. The van der Waals surface area contributed by atoms with Crippen molar-refractivity contribution in [3.8, 4) is 0 Å². The van der Waals surface area contributed by atoms with Gasteiger partial charge in [-0.2, -0.15) is 0 Å². The number of hydrogen-bond acceptors (Lipinski definition) is 4. The number of ether oxygens (including phenoxy) is 2. The number of aromatic nitrogens is 1. The fourth-order valence-electron chi connectivity index (χ4n) is 5.79. The molecule has 5 rings (SSSR count). The van der Waals surface area contributed by atoms with E-state index < -0.39 is 5.60 Å². The summed E-state index contributed by atoms with van der Waals surface area (Å²) in [5.41, 5.74) is 1.96. The quantitative estimate of drug-likeness (QED) is 0.705. The van der Waals surface area contributed by atoms with Crippen molar-refractivity contribution in [3.63, 3.8) is 0 Å². The Kier molecular flexibility index (Phi) is 6.04. The number of morpholine rings is 1. The third-order valence-corrected chi connectivity index (χ3v) is 7.12. The van der Waals surface area contributed by atoms with E-state index in [-0.39, 0.29) is 35.9 Å². The molecule has 0 saturated carbocycles. The van der Waals surface area contributed by atoms with Crippen LogP contribution < -0.4 is 5.32 Å². The van der Waals surface area contributed by atoms with E-state index in [9.17, 15) is 14.0 Å². The number of piperidine rings is 1. The summed E-state index contributed by atoms with van der Waals surface area (Å²) in [4.78, 5) is 28.3. The highest BCUT2D eigenvalue weighted by Crippen LogP contribution is 2.33. The molecular weight excluding hydrogens is 437 g/mol. The molecule has 2 unspecified atom stereocenters. The SMILES string of the molecule is CC(C)(C)OC(=O)N1C2COCC1CC(NC(=O)c1c3n(c4ccc(F)cc14)CCCCC3)C2. The van der Waals surface area contributed by atoms with E-state index in [1.54, 1.807) is 11.0 Å². The summed E-state index contributed by atoms with van der Waals surface area (Å²) in [6, 6.07) is 4.36. The molecular formula is C26H34FN3O4. The molecule has 7 nitrogen and oxygen atoms in total. The molecule has 2 bridgehead atoms. The largest absolute Gasteiger partial charge is 0.444 e. The second-order valence-corrected chi connectivity index (χ2v) is 10.8. The zero-order valence-corrected chi connectivity index (χ0v) is 20.2. The Morgan fingerprint density at radius 1 is 1.12 bits per heavy atom. The number of fused-ring (bicyclic) bond motifs is 5. The fraction of sp³-hybridized carbons (Fsp3) is 0.615. The lowest BCUT2D eigenvalue weighted by atomic mass is 9.90. The van der Waals surface area contributed by atoms with E-state index in [2.05, 4.69) is 9.88 Å². The number of benzene rings is 1. The number of aryl methyl sites for hydroxylation is 1. The number of amides is 2. The van der Waals surface area contributed by atoms with Crippen LogP contribution in [0.1, 0.15) is 68.9 Å². The molecule has 1 N–H and O–H groups in total. The second-order valence-electron chi connectivity index (χ2n) is 10.8. The number of rotatable bonds is 2. The van der Waals surface area contributed by atoms with E-state index in [0.29, 0.717) is 37.0 Å². The third-order valence-electron chi connectivity index (χ3n) is 7.12. The first kappa shape index (κ1) is 23.1. The lowest BCUT2D eigenvalue weighted by Crippen LogP contribution is -2.63. The van der Waals surface area contributed by atoms with Gasteiger partial charge < -0.3 is 19.4 Å². The Morgan fingerprint density at radius 3 is 2.56 bits per heavy atom. The van der Waals surface area contributed by atoms with Crippen molar-refractivity contribution in [1.29, 1.82) is 0 Å². The van der Waals surface area contributed by atoms with Crippen LogP contribution in [-0.4, -0.2) is 58.4 Å². The van der Waals surface area contributed by atoms with Gasteiger partial charge in [0.1, 0.15) is 11.4 Å². The monoisotopic (exact) mass is 471 g/mol. The number of nitrogens with one attached hydrogen (secondary N) is 1. The number of hydrogen-bond donors (Lipinski definition) is 1. The molecule has 0 aliphatic carbocycles. The van der Waals surface area contributed by atoms with Gasteiger partial charge in [-0.1, -0.05) is 6.42 Å². The Balaban J connectivity index is 1.38. The maximum atomic E-state index is 14.2.